The Bertz CT molecular complexity index is 274. The van der Waals surface area contributed by atoms with E-state index in [9.17, 15) is 4.39 Å². The number of allylic oxidation sites excluding steroid dienone is 1. The minimum Gasteiger partial charge on any atom is -0.207 e. The lowest BCUT2D eigenvalue weighted by Crippen LogP contribution is -1.79. The SMILES string of the molecule is CC(C)/C=C/c1cccc(F)c1. The van der Waals surface area contributed by atoms with Crippen LogP contribution in [-0.2, 0) is 0 Å². The predicted molar refractivity (Wildman–Crippen MR) is 50.3 cm³/mol. The molecular formula is C11H13F. The Morgan fingerprint density at radius 2 is 2.08 bits per heavy atom. The number of rotatable bonds is 2. The molecule has 0 aliphatic carbocycles. The Balaban J connectivity index is 2.76. The van der Waals surface area contributed by atoms with Gasteiger partial charge in [0.15, 0.2) is 0 Å². The second-order valence-electron chi connectivity index (χ2n) is 3.16. The topological polar surface area (TPSA) is 0 Å². The molecule has 0 aliphatic heterocycles. The molecule has 0 unspecified atom stereocenters. The van der Waals surface area contributed by atoms with Crippen molar-refractivity contribution in [2.24, 2.45) is 5.92 Å². The summed E-state index contributed by atoms with van der Waals surface area (Å²) in [6.07, 6.45) is 3.99. The third-order valence-corrected chi connectivity index (χ3v) is 1.52. The van der Waals surface area contributed by atoms with Crippen LogP contribution in [0.1, 0.15) is 19.4 Å². The van der Waals surface area contributed by atoms with E-state index in [1.807, 2.05) is 12.1 Å². The first-order chi connectivity index (χ1) is 5.68. The molecule has 1 aromatic rings. The lowest BCUT2D eigenvalue weighted by Gasteiger charge is -1.95. The Morgan fingerprint density at radius 3 is 2.67 bits per heavy atom. The summed E-state index contributed by atoms with van der Waals surface area (Å²) in [5.74, 6) is 0.328. The average Bonchev–Trinajstić information content (AvgIpc) is 2.01. The van der Waals surface area contributed by atoms with E-state index in [0.29, 0.717) is 5.92 Å². The van der Waals surface area contributed by atoms with Crippen LogP contribution in [-0.4, -0.2) is 0 Å². The second kappa shape index (κ2) is 4.05. The molecule has 1 rings (SSSR count). The Kier molecular flexibility index (Phi) is 3.03. The summed E-state index contributed by atoms with van der Waals surface area (Å²) >= 11 is 0. The van der Waals surface area contributed by atoms with Crippen LogP contribution in [0.3, 0.4) is 0 Å². The van der Waals surface area contributed by atoms with Crippen LogP contribution in [0.5, 0.6) is 0 Å². The highest BCUT2D eigenvalue weighted by molar-refractivity contribution is 5.49. The van der Waals surface area contributed by atoms with Gasteiger partial charge < -0.3 is 0 Å². The normalized spacial score (nSPS) is 11.3. The van der Waals surface area contributed by atoms with Crippen molar-refractivity contribution in [1.82, 2.24) is 0 Å². The fourth-order valence-electron chi connectivity index (χ4n) is 0.914. The maximum Gasteiger partial charge on any atom is 0.123 e. The predicted octanol–water partition coefficient (Wildman–Crippen LogP) is 3.49. The minimum atomic E-state index is -0.180. The number of hydrogen-bond acceptors (Lipinski definition) is 0. The van der Waals surface area contributed by atoms with Crippen molar-refractivity contribution in [3.05, 3.63) is 41.7 Å². The molecule has 0 fully saturated rings. The first-order valence-corrected chi connectivity index (χ1v) is 4.12. The maximum absolute atomic E-state index is 12.7. The summed E-state index contributed by atoms with van der Waals surface area (Å²) in [5, 5.41) is 0. The molecule has 0 heterocycles. The van der Waals surface area contributed by atoms with Crippen LogP contribution in [0.2, 0.25) is 0 Å². The van der Waals surface area contributed by atoms with Crippen molar-refractivity contribution in [3.63, 3.8) is 0 Å². The van der Waals surface area contributed by atoms with Gasteiger partial charge in [-0.3, -0.25) is 0 Å². The van der Waals surface area contributed by atoms with Gasteiger partial charge in [0.2, 0.25) is 0 Å². The number of benzene rings is 1. The standard InChI is InChI=1S/C11H13F/c1-9(2)6-7-10-4-3-5-11(12)8-10/h3-9H,1-2H3/b7-6+. The van der Waals surface area contributed by atoms with E-state index >= 15 is 0 Å². The van der Waals surface area contributed by atoms with Crippen LogP contribution in [0, 0.1) is 11.7 Å². The van der Waals surface area contributed by atoms with Gasteiger partial charge in [-0.2, -0.15) is 0 Å². The molecule has 0 N–H and O–H groups in total. The molecule has 0 nitrogen and oxygen atoms in total. The smallest absolute Gasteiger partial charge is 0.123 e. The summed E-state index contributed by atoms with van der Waals surface area (Å²) in [7, 11) is 0. The van der Waals surface area contributed by atoms with E-state index in [0.717, 1.165) is 5.56 Å². The van der Waals surface area contributed by atoms with Gasteiger partial charge in [0, 0.05) is 0 Å². The van der Waals surface area contributed by atoms with Crippen molar-refractivity contribution in [1.29, 1.82) is 0 Å². The summed E-state index contributed by atoms with van der Waals surface area (Å²) < 4.78 is 12.7. The first-order valence-electron chi connectivity index (χ1n) is 4.12. The van der Waals surface area contributed by atoms with Crippen LogP contribution in [0.25, 0.3) is 6.08 Å². The van der Waals surface area contributed by atoms with Gasteiger partial charge in [-0.25, -0.2) is 4.39 Å². The van der Waals surface area contributed by atoms with E-state index in [1.54, 1.807) is 6.07 Å². The van der Waals surface area contributed by atoms with Crippen molar-refractivity contribution in [2.75, 3.05) is 0 Å². The van der Waals surface area contributed by atoms with Crippen molar-refractivity contribution in [3.8, 4) is 0 Å². The fraction of sp³-hybridized carbons (Fsp3) is 0.273. The zero-order valence-electron chi connectivity index (χ0n) is 7.42. The summed E-state index contributed by atoms with van der Waals surface area (Å²) in [5.41, 5.74) is 0.920. The molecule has 64 valence electrons. The summed E-state index contributed by atoms with van der Waals surface area (Å²) in [4.78, 5) is 0. The summed E-state index contributed by atoms with van der Waals surface area (Å²) in [6, 6.07) is 6.59. The van der Waals surface area contributed by atoms with E-state index in [1.165, 1.54) is 12.1 Å². The Hall–Kier alpha value is -1.11. The van der Waals surface area contributed by atoms with Crippen LogP contribution in [0.4, 0.5) is 4.39 Å². The largest absolute Gasteiger partial charge is 0.207 e. The monoisotopic (exact) mass is 164 g/mol. The average molecular weight is 164 g/mol. The molecule has 1 heteroatoms. The molecule has 0 atom stereocenters. The van der Waals surface area contributed by atoms with Gasteiger partial charge in [0.1, 0.15) is 5.82 Å². The molecule has 1 aromatic carbocycles. The van der Waals surface area contributed by atoms with Crippen molar-refractivity contribution >= 4 is 6.08 Å². The van der Waals surface area contributed by atoms with Crippen LogP contribution >= 0.6 is 0 Å². The second-order valence-corrected chi connectivity index (χ2v) is 3.16. The first kappa shape index (κ1) is 8.98. The van der Waals surface area contributed by atoms with Gasteiger partial charge in [0.05, 0.1) is 0 Å². The highest BCUT2D eigenvalue weighted by Crippen LogP contribution is 2.07. The quantitative estimate of drug-likeness (QED) is 0.627. The molecular weight excluding hydrogens is 151 g/mol. The third-order valence-electron chi connectivity index (χ3n) is 1.52. The van der Waals surface area contributed by atoms with Gasteiger partial charge in [0.25, 0.3) is 0 Å². The highest BCUT2D eigenvalue weighted by Gasteiger charge is 1.90. The molecule has 0 saturated carbocycles. The maximum atomic E-state index is 12.7. The lowest BCUT2D eigenvalue weighted by molar-refractivity contribution is 0.627. The third kappa shape index (κ3) is 2.87. The van der Waals surface area contributed by atoms with E-state index in [4.69, 9.17) is 0 Å². The zero-order valence-corrected chi connectivity index (χ0v) is 7.42. The van der Waals surface area contributed by atoms with E-state index in [-0.39, 0.29) is 5.82 Å². The lowest BCUT2D eigenvalue weighted by atomic mass is 10.1. The van der Waals surface area contributed by atoms with Crippen molar-refractivity contribution in [2.45, 2.75) is 13.8 Å². The zero-order chi connectivity index (χ0) is 8.97. The fourth-order valence-corrected chi connectivity index (χ4v) is 0.914. The molecule has 0 spiro atoms. The number of halogens is 1. The molecule has 0 radical (unpaired) electrons. The molecule has 0 bridgehead atoms. The highest BCUT2D eigenvalue weighted by atomic mass is 19.1. The molecule has 0 saturated heterocycles. The molecule has 0 aliphatic rings. The Morgan fingerprint density at radius 1 is 1.33 bits per heavy atom. The minimum absolute atomic E-state index is 0.180. The van der Waals surface area contributed by atoms with Crippen LogP contribution in [0.15, 0.2) is 30.3 Å². The molecule has 0 amide bonds. The Labute approximate surface area is 72.7 Å². The van der Waals surface area contributed by atoms with Gasteiger partial charge in [-0.1, -0.05) is 38.1 Å². The van der Waals surface area contributed by atoms with Gasteiger partial charge >= 0.3 is 0 Å². The summed E-state index contributed by atoms with van der Waals surface area (Å²) in [6.45, 7) is 4.19. The molecule has 12 heavy (non-hydrogen) atoms. The van der Waals surface area contributed by atoms with Crippen molar-refractivity contribution < 1.29 is 4.39 Å². The van der Waals surface area contributed by atoms with Gasteiger partial charge in [-0.15, -0.1) is 0 Å². The van der Waals surface area contributed by atoms with E-state index in [2.05, 4.69) is 19.9 Å². The number of hydrogen-bond donors (Lipinski definition) is 0. The van der Waals surface area contributed by atoms with E-state index < -0.39 is 0 Å². The van der Waals surface area contributed by atoms with Gasteiger partial charge in [-0.05, 0) is 23.6 Å². The van der Waals surface area contributed by atoms with Crippen LogP contribution < -0.4 is 0 Å². The molecule has 0 aromatic heterocycles.